The quantitative estimate of drug-likeness (QED) is 0.934. The predicted octanol–water partition coefficient (Wildman–Crippen LogP) is 2.67. The van der Waals surface area contributed by atoms with E-state index in [1.54, 1.807) is 43.5 Å². The van der Waals surface area contributed by atoms with Crippen LogP contribution >= 0.6 is 0 Å². The zero-order chi connectivity index (χ0) is 15.2. The topological polar surface area (TPSA) is 75.0 Å². The third kappa shape index (κ3) is 4.05. The summed E-state index contributed by atoms with van der Waals surface area (Å²) in [6.07, 6.45) is 1.02. The Morgan fingerprint density at radius 1 is 1.29 bits per heavy atom. The zero-order valence-electron chi connectivity index (χ0n) is 11.8. The molecule has 1 amide bonds. The number of hydrogen-bond acceptors (Lipinski definition) is 4. The molecule has 1 atom stereocenters. The highest BCUT2D eigenvalue weighted by atomic mass is 16.5. The van der Waals surface area contributed by atoms with Crippen molar-refractivity contribution < 1.29 is 9.53 Å². The highest BCUT2D eigenvalue weighted by Crippen LogP contribution is 2.14. The number of nitrogens with one attached hydrogen (secondary N) is 1. The molecule has 2 aromatic rings. The summed E-state index contributed by atoms with van der Waals surface area (Å²) in [6, 6.07) is 12.2. The lowest BCUT2D eigenvalue weighted by Gasteiger charge is -2.14. The summed E-state index contributed by atoms with van der Waals surface area (Å²) >= 11 is 0. The van der Waals surface area contributed by atoms with Crippen LogP contribution in [0.25, 0.3) is 0 Å². The van der Waals surface area contributed by atoms with Gasteiger partial charge in [-0.3, -0.25) is 4.79 Å². The fourth-order valence-electron chi connectivity index (χ4n) is 1.64. The zero-order valence-corrected chi connectivity index (χ0v) is 11.8. The average Bonchev–Trinajstić information content (AvgIpc) is 2.50. The SMILES string of the molecule is Cc1ccc(NC(=O)[C@H](C)Oc2ccc(C#N)cc2)nc1. The number of hydrogen-bond donors (Lipinski definition) is 1. The summed E-state index contributed by atoms with van der Waals surface area (Å²) in [5, 5.41) is 11.4. The minimum Gasteiger partial charge on any atom is -0.481 e. The van der Waals surface area contributed by atoms with Crippen molar-refractivity contribution in [2.24, 2.45) is 0 Å². The molecule has 0 aliphatic carbocycles. The fourth-order valence-corrected chi connectivity index (χ4v) is 1.64. The van der Waals surface area contributed by atoms with Crippen LogP contribution in [0.2, 0.25) is 0 Å². The largest absolute Gasteiger partial charge is 0.481 e. The third-order valence-corrected chi connectivity index (χ3v) is 2.83. The number of anilines is 1. The van der Waals surface area contributed by atoms with Gasteiger partial charge in [0, 0.05) is 6.20 Å². The van der Waals surface area contributed by atoms with Gasteiger partial charge in [-0.05, 0) is 49.7 Å². The standard InChI is InChI=1S/C16H15N3O2/c1-11-3-8-15(18-10-11)19-16(20)12(2)21-14-6-4-13(9-17)5-7-14/h3-8,10,12H,1-2H3,(H,18,19,20)/t12-/m0/s1. The molecule has 0 aliphatic rings. The molecule has 0 saturated carbocycles. The van der Waals surface area contributed by atoms with Crippen LogP contribution in [-0.2, 0) is 4.79 Å². The second-order valence-corrected chi connectivity index (χ2v) is 4.61. The normalized spacial score (nSPS) is 11.3. The first-order valence-electron chi connectivity index (χ1n) is 6.49. The van der Waals surface area contributed by atoms with Gasteiger partial charge in [0.05, 0.1) is 11.6 Å². The average molecular weight is 281 g/mol. The Labute approximate surface area is 123 Å². The highest BCUT2D eigenvalue weighted by molar-refractivity contribution is 5.93. The number of rotatable bonds is 4. The minimum absolute atomic E-state index is 0.282. The number of nitrogens with zero attached hydrogens (tertiary/aromatic N) is 2. The van der Waals surface area contributed by atoms with E-state index in [0.29, 0.717) is 17.1 Å². The number of aromatic nitrogens is 1. The van der Waals surface area contributed by atoms with E-state index in [1.165, 1.54) is 0 Å². The summed E-state index contributed by atoms with van der Waals surface area (Å²) < 4.78 is 5.52. The molecule has 0 bridgehead atoms. The van der Waals surface area contributed by atoms with Gasteiger partial charge < -0.3 is 10.1 Å². The molecule has 0 fully saturated rings. The third-order valence-electron chi connectivity index (χ3n) is 2.83. The molecule has 0 aliphatic heterocycles. The summed E-state index contributed by atoms with van der Waals surface area (Å²) in [4.78, 5) is 16.1. The van der Waals surface area contributed by atoms with Gasteiger partial charge in [-0.2, -0.15) is 5.26 Å². The molecule has 2 rings (SSSR count). The summed E-state index contributed by atoms with van der Waals surface area (Å²) in [7, 11) is 0. The molecule has 21 heavy (non-hydrogen) atoms. The van der Waals surface area contributed by atoms with Gasteiger partial charge in [-0.25, -0.2) is 4.98 Å². The number of amides is 1. The van der Waals surface area contributed by atoms with E-state index in [-0.39, 0.29) is 5.91 Å². The van der Waals surface area contributed by atoms with Crippen LogP contribution < -0.4 is 10.1 Å². The van der Waals surface area contributed by atoms with Crippen molar-refractivity contribution in [1.82, 2.24) is 4.98 Å². The van der Waals surface area contributed by atoms with Crippen molar-refractivity contribution in [3.63, 3.8) is 0 Å². The lowest BCUT2D eigenvalue weighted by atomic mass is 10.2. The first kappa shape index (κ1) is 14.5. The van der Waals surface area contributed by atoms with Crippen molar-refractivity contribution in [2.75, 3.05) is 5.32 Å². The number of benzene rings is 1. The Kier molecular flexibility index (Phi) is 4.52. The summed E-state index contributed by atoms with van der Waals surface area (Å²) in [5.41, 5.74) is 1.57. The summed E-state index contributed by atoms with van der Waals surface area (Å²) in [6.45, 7) is 3.58. The molecule has 0 radical (unpaired) electrons. The van der Waals surface area contributed by atoms with Crippen LogP contribution in [0, 0.1) is 18.3 Å². The van der Waals surface area contributed by atoms with Gasteiger partial charge in [0.1, 0.15) is 11.6 Å². The smallest absolute Gasteiger partial charge is 0.266 e. The molecule has 0 spiro atoms. The summed E-state index contributed by atoms with van der Waals surface area (Å²) in [5.74, 6) is 0.741. The van der Waals surface area contributed by atoms with Crippen molar-refractivity contribution in [3.8, 4) is 11.8 Å². The first-order chi connectivity index (χ1) is 10.1. The van der Waals surface area contributed by atoms with Gasteiger partial charge in [-0.1, -0.05) is 6.07 Å². The van der Waals surface area contributed by atoms with Gasteiger partial charge in [-0.15, -0.1) is 0 Å². The van der Waals surface area contributed by atoms with E-state index < -0.39 is 6.10 Å². The van der Waals surface area contributed by atoms with E-state index >= 15 is 0 Å². The Hall–Kier alpha value is -2.87. The Bertz CT molecular complexity index is 657. The molecule has 0 unspecified atom stereocenters. The Morgan fingerprint density at radius 3 is 2.57 bits per heavy atom. The maximum Gasteiger partial charge on any atom is 0.266 e. The van der Waals surface area contributed by atoms with Crippen LogP contribution in [0.5, 0.6) is 5.75 Å². The van der Waals surface area contributed by atoms with Gasteiger partial charge in [0.25, 0.3) is 5.91 Å². The van der Waals surface area contributed by atoms with E-state index in [9.17, 15) is 4.79 Å². The van der Waals surface area contributed by atoms with E-state index in [0.717, 1.165) is 5.56 Å². The predicted molar refractivity (Wildman–Crippen MR) is 78.9 cm³/mol. The van der Waals surface area contributed by atoms with E-state index in [2.05, 4.69) is 10.3 Å². The molecule has 1 aromatic carbocycles. The van der Waals surface area contributed by atoms with Gasteiger partial charge >= 0.3 is 0 Å². The first-order valence-corrected chi connectivity index (χ1v) is 6.49. The lowest BCUT2D eigenvalue weighted by Crippen LogP contribution is -2.30. The van der Waals surface area contributed by atoms with Crippen molar-refractivity contribution in [1.29, 1.82) is 5.26 Å². The number of aryl methyl sites for hydroxylation is 1. The van der Waals surface area contributed by atoms with Crippen LogP contribution in [0.4, 0.5) is 5.82 Å². The Morgan fingerprint density at radius 2 is 2.00 bits per heavy atom. The molecule has 0 saturated heterocycles. The molecule has 5 nitrogen and oxygen atoms in total. The lowest BCUT2D eigenvalue weighted by molar-refractivity contribution is -0.122. The Balaban J connectivity index is 1.95. The number of ether oxygens (including phenoxy) is 1. The number of pyridine rings is 1. The molecule has 5 heteroatoms. The molecular formula is C16H15N3O2. The van der Waals surface area contributed by atoms with Crippen molar-refractivity contribution >= 4 is 11.7 Å². The maximum absolute atomic E-state index is 12.0. The van der Waals surface area contributed by atoms with Crippen LogP contribution in [0.15, 0.2) is 42.6 Å². The second-order valence-electron chi connectivity index (χ2n) is 4.61. The molecule has 1 N–H and O–H groups in total. The number of nitriles is 1. The fraction of sp³-hybridized carbons (Fsp3) is 0.188. The highest BCUT2D eigenvalue weighted by Gasteiger charge is 2.15. The van der Waals surface area contributed by atoms with Crippen molar-refractivity contribution in [3.05, 3.63) is 53.7 Å². The van der Waals surface area contributed by atoms with Gasteiger partial charge in [0.2, 0.25) is 0 Å². The molecule has 1 heterocycles. The number of carbonyl (C=O) groups excluding carboxylic acids is 1. The molecule has 106 valence electrons. The molecule has 1 aromatic heterocycles. The van der Waals surface area contributed by atoms with E-state index in [4.69, 9.17) is 10.00 Å². The van der Waals surface area contributed by atoms with Crippen LogP contribution in [-0.4, -0.2) is 17.0 Å². The van der Waals surface area contributed by atoms with Crippen molar-refractivity contribution in [2.45, 2.75) is 20.0 Å². The maximum atomic E-state index is 12.0. The van der Waals surface area contributed by atoms with Crippen LogP contribution in [0.3, 0.4) is 0 Å². The number of carbonyl (C=O) groups is 1. The monoisotopic (exact) mass is 281 g/mol. The van der Waals surface area contributed by atoms with E-state index in [1.807, 2.05) is 19.1 Å². The minimum atomic E-state index is -0.666. The second kappa shape index (κ2) is 6.53. The van der Waals surface area contributed by atoms with Crippen LogP contribution in [0.1, 0.15) is 18.1 Å². The molecular weight excluding hydrogens is 266 g/mol. The van der Waals surface area contributed by atoms with Gasteiger partial charge in [0.15, 0.2) is 6.10 Å².